The van der Waals surface area contributed by atoms with Gasteiger partial charge in [0.1, 0.15) is 5.75 Å². The van der Waals surface area contributed by atoms with E-state index in [1.54, 1.807) is 6.20 Å². The minimum atomic E-state index is 0.135. The summed E-state index contributed by atoms with van der Waals surface area (Å²) in [6, 6.07) is 20.0. The molecule has 0 N–H and O–H groups in total. The Kier molecular flexibility index (Phi) is 5.19. The van der Waals surface area contributed by atoms with E-state index in [0.717, 1.165) is 17.9 Å². The Labute approximate surface area is 159 Å². The predicted octanol–water partition coefficient (Wildman–Crippen LogP) is 3.87. The molecule has 1 aromatic heterocycles. The van der Waals surface area contributed by atoms with Crippen molar-refractivity contribution in [1.82, 2.24) is 9.78 Å². The van der Waals surface area contributed by atoms with Crippen LogP contribution in [-0.4, -0.2) is 28.8 Å². The highest BCUT2D eigenvalue weighted by molar-refractivity contribution is 5.94. The quantitative estimate of drug-likeness (QED) is 0.626. The van der Waals surface area contributed by atoms with E-state index in [9.17, 15) is 4.79 Å². The molecule has 1 amide bonds. The molecule has 3 aromatic rings. The monoisotopic (exact) mass is 361 g/mol. The number of carbonyl (C=O) groups excluding carboxylic acids is 1. The third-order valence-electron chi connectivity index (χ3n) is 4.88. The number of carbonyl (C=O) groups is 1. The van der Waals surface area contributed by atoms with Crippen molar-refractivity contribution in [3.8, 4) is 5.75 Å². The molecular weight excluding hydrogens is 338 g/mol. The summed E-state index contributed by atoms with van der Waals surface area (Å²) in [5, 5.41) is 4.37. The number of benzene rings is 2. The summed E-state index contributed by atoms with van der Waals surface area (Å²) in [5.41, 5.74) is 2.22. The van der Waals surface area contributed by atoms with Crippen molar-refractivity contribution < 1.29 is 9.53 Å². The van der Waals surface area contributed by atoms with Crippen molar-refractivity contribution in [3.05, 3.63) is 78.6 Å². The molecule has 0 fully saturated rings. The first-order valence-corrected chi connectivity index (χ1v) is 9.36. The largest absolute Gasteiger partial charge is 0.494 e. The zero-order valence-electron chi connectivity index (χ0n) is 15.2. The molecule has 2 aromatic carbocycles. The summed E-state index contributed by atoms with van der Waals surface area (Å²) in [4.78, 5) is 14.8. The maximum atomic E-state index is 12.9. The van der Waals surface area contributed by atoms with Gasteiger partial charge in [-0.2, -0.15) is 5.10 Å². The van der Waals surface area contributed by atoms with Crippen LogP contribution in [0.15, 0.2) is 73.1 Å². The summed E-state index contributed by atoms with van der Waals surface area (Å²) in [7, 11) is 0. The smallest absolute Gasteiger partial charge is 0.227 e. The lowest BCUT2D eigenvalue weighted by Gasteiger charge is -2.34. The van der Waals surface area contributed by atoms with Gasteiger partial charge in [0.25, 0.3) is 0 Å². The van der Waals surface area contributed by atoms with Gasteiger partial charge in [-0.05, 0) is 42.7 Å². The average Bonchev–Trinajstić information content (AvgIpc) is 3.26. The lowest BCUT2D eigenvalue weighted by atomic mass is 9.97. The lowest BCUT2D eigenvalue weighted by Crippen LogP contribution is -2.41. The van der Waals surface area contributed by atoms with E-state index < -0.39 is 0 Å². The first-order chi connectivity index (χ1) is 13.3. The number of aromatic nitrogens is 2. The van der Waals surface area contributed by atoms with Gasteiger partial charge in [-0.3, -0.25) is 9.48 Å². The standard InChI is InChI=1S/C22H23N3O2/c26-22(12-6-15-27-20-9-2-1-3-10-20)24-17-19(25-14-7-13-23-25)16-18-8-4-5-11-21(18)24/h1-5,7-11,13-14,19H,6,12,15-17H2/t19-/m1/s1. The normalized spacial score (nSPS) is 16.0. The Balaban J connectivity index is 1.40. The number of amides is 1. The molecule has 5 nitrogen and oxygen atoms in total. The molecule has 0 spiro atoms. The van der Waals surface area contributed by atoms with E-state index in [0.29, 0.717) is 26.0 Å². The van der Waals surface area contributed by atoms with Crippen LogP contribution in [0.1, 0.15) is 24.4 Å². The number of para-hydroxylation sites is 2. The second kappa shape index (κ2) is 8.08. The molecule has 4 rings (SSSR count). The molecule has 0 radical (unpaired) electrons. The van der Waals surface area contributed by atoms with Crippen molar-refractivity contribution in [1.29, 1.82) is 0 Å². The van der Waals surface area contributed by atoms with Crippen LogP contribution in [0.4, 0.5) is 5.69 Å². The summed E-state index contributed by atoms with van der Waals surface area (Å²) in [6.07, 6.45) is 5.80. The number of nitrogens with zero attached hydrogens (tertiary/aromatic N) is 3. The molecular formula is C22H23N3O2. The first kappa shape index (κ1) is 17.3. The van der Waals surface area contributed by atoms with Crippen LogP contribution < -0.4 is 9.64 Å². The molecule has 1 aliphatic heterocycles. The van der Waals surface area contributed by atoms with Crippen molar-refractivity contribution in [2.45, 2.75) is 25.3 Å². The number of rotatable bonds is 6. The fourth-order valence-corrected chi connectivity index (χ4v) is 3.55. The highest BCUT2D eigenvalue weighted by Gasteiger charge is 2.29. The van der Waals surface area contributed by atoms with Gasteiger partial charge < -0.3 is 9.64 Å². The SMILES string of the molecule is O=C(CCCOc1ccccc1)N1C[C@H](n2cccn2)Cc2ccccc21. The van der Waals surface area contributed by atoms with Crippen LogP contribution in [0.25, 0.3) is 0 Å². The zero-order chi connectivity index (χ0) is 18.5. The molecule has 0 unspecified atom stereocenters. The van der Waals surface area contributed by atoms with E-state index >= 15 is 0 Å². The lowest BCUT2D eigenvalue weighted by molar-refractivity contribution is -0.119. The Morgan fingerprint density at radius 1 is 1.07 bits per heavy atom. The first-order valence-electron chi connectivity index (χ1n) is 9.36. The minimum Gasteiger partial charge on any atom is -0.494 e. The fourth-order valence-electron chi connectivity index (χ4n) is 3.55. The highest BCUT2D eigenvalue weighted by Crippen LogP contribution is 2.32. The highest BCUT2D eigenvalue weighted by atomic mass is 16.5. The van der Waals surface area contributed by atoms with Crippen molar-refractivity contribution in [2.24, 2.45) is 0 Å². The van der Waals surface area contributed by atoms with Gasteiger partial charge in [-0.1, -0.05) is 36.4 Å². The summed E-state index contributed by atoms with van der Waals surface area (Å²) in [6.45, 7) is 1.19. The van der Waals surface area contributed by atoms with Crippen LogP contribution in [0, 0.1) is 0 Å². The molecule has 27 heavy (non-hydrogen) atoms. The predicted molar refractivity (Wildman–Crippen MR) is 105 cm³/mol. The average molecular weight is 361 g/mol. The number of hydrogen-bond donors (Lipinski definition) is 0. The third kappa shape index (κ3) is 4.03. The van der Waals surface area contributed by atoms with E-state index in [4.69, 9.17) is 4.74 Å². The molecule has 1 aliphatic rings. The molecule has 5 heteroatoms. The summed E-state index contributed by atoms with van der Waals surface area (Å²) < 4.78 is 7.66. The number of ether oxygens (including phenoxy) is 1. The van der Waals surface area contributed by atoms with Gasteiger partial charge in [0.05, 0.1) is 12.6 Å². The molecule has 0 saturated carbocycles. The van der Waals surface area contributed by atoms with Crippen LogP contribution in [-0.2, 0) is 11.2 Å². The Morgan fingerprint density at radius 2 is 1.89 bits per heavy atom. The van der Waals surface area contributed by atoms with Crippen LogP contribution in [0.2, 0.25) is 0 Å². The van der Waals surface area contributed by atoms with Gasteiger partial charge in [-0.25, -0.2) is 0 Å². The Hall–Kier alpha value is -3.08. The van der Waals surface area contributed by atoms with Crippen LogP contribution in [0.5, 0.6) is 5.75 Å². The van der Waals surface area contributed by atoms with Crippen molar-refractivity contribution >= 4 is 11.6 Å². The molecule has 138 valence electrons. The van der Waals surface area contributed by atoms with Gasteiger partial charge in [0.15, 0.2) is 0 Å². The van der Waals surface area contributed by atoms with Gasteiger partial charge >= 0.3 is 0 Å². The van der Waals surface area contributed by atoms with E-state index in [1.807, 2.05) is 70.4 Å². The van der Waals surface area contributed by atoms with Crippen LogP contribution in [0.3, 0.4) is 0 Å². The zero-order valence-corrected chi connectivity index (χ0v) is 15.2. The number of anilines is 1. The molecule has 0 saturated heterocycles. The number of fused-ring (bicyclic) bond motifs is 1. The minimum absolute atomic E-state index is 0.135. The fraction of sp³-hybridized carbons (Fsp3) is 0.273. The molecule has 0 aliphatic carbocycles. The number of hydrogen-bond acceptors (Lipinski definition) is 3. The Bertz CT molecular complexity index is 878. The van der Waals surface area contributed by atoms with Crippen molar-refractivity contribution in [3.63, 3.8) is 0 Å². The summed E-state index contributed by atoms with van der Waals surface area (Å²) in [5.74, 6) is 0.975. The second-order valence-electron chi connectivity index (χ2n) is 6.74. The molecule has 0 bridgehead atoms. The molecule has 2 heterocycles. The third-order valence-corrected chi connectivity index (χ3v) is 4.88. The maximum absolute atomic E-state index is 12.9. The Morgan fingerprint density at radius 3 is 2.70 bits per heavy atom. The molecule has 1 atom stereocenters. The van der Waals surface area contributed by atoms with E-state index in [1.165, 1.54) is 5.56 Å². The van der Waals surface area contributed by atoms with E-state index in [-0.39, 0.29) is 11.9 Å². The van der Waals surface area contributed by atoms with Crippen molar-refractivity contribution in [2.75, 3.05) is 18.1 Å². The van der Waals surface area contributed by atoms with E-state index in [2.05, 4.69) is 11.2 Å². The summed E-state index contributed by atoms with van der Waals surface area (Å²) >= 11 is 0. The van der Waals surface area contributed by atoms with Crippen LogP contribution >= 0.6 is 0 Å². The second-order valence-corrected chi connectivity index (χ2v) is 6.74. The van der Waals surface area contributed by atoms with Gasteiger partial charge in [0, 0.05) is 31.0 Å². The van der Waals surface area contributed by atoms with Gasteiger partial charge in [-0.15, -0.1) is 0 Å². The van der Waals surface area contributed by atoms with Gasteiger partial charge in [0.2, 0.25) is 5.91 Å². The topological polar surface area (TPSA) is 47.4 Å². The maximum Gasteiger partial charge on any atom is 0.227 e.